The molecule has 0 spiro atoms. The van der Waals surface area contributed by atoms with E-state index < -0.39 is 0 Å². The molecule has 0 fully saturated rings. The van der Waals surface area contributed by atoms with Crippen LogP contribution in [0.25, 0.3) is 0 Å². The van der Waals surface area contributed by atoms with E-state index in [1.165, 1.54) is 0 Å². The highest BCUT2D eigenvalue weighted by molar-refractivity contribution is 5.02. The topological polar surface area (TPSA) is 43.8 Å². The maximum absolute atomic E-state index is 5.79. The van der Waals surface area contributed by atoms with Crippen molar-refractivity contribution in [3.05, 3.63) is 18.2 Å². The third-order valence-electron chi connectivity index (χ3n) is 1.84. The van der Waals surface area contributed by atoms with Gasteiger partial charge in [-0.25, -0.2) is 4.98 Å². The predicted molar refractivity (Wildman–Crippen MR) is 45.1 cm³/mol. The molecular formula is C8H15N3. The Morgan fingerprint density at radius 3 is 2.82 bits per heavy atom. The van der Waals surface area contributed by atoms with Crippen LogP contribution in [0.2, 0.25) is 0 Å². The normalized spacial score (nSPS) is 13.4. The summed E-state index contributed by atoms with van der Waals surface area (Å²) < 4.78 is 2.03. The van der Waals surface area contributed by atoms with Gasteiger partial charge in [0.15, 0.2) is 0 Å². The van der Waals surface area contributed by atoms with Gasteiger partial charge in [0, 0.05) is 18.8 Å². The van der Waals surface area contributed by atoms with Gasteiger partial charge in [0.05, 0.1) is 12.0 Å². The third-order valence-corrected chi connectivity index (χ3v) is 1.84. The fraction of sp³-hybridized carbons (Fsp3) is 0.625. The van der Waals surface area contributed by atoms with Crippen LogP contribution in [-0.4, -0.2) is 9.55 Å². The monoisotopic (exact) mass is 153 g/mol. The van der Waals surface area contributed by atoms with E-state index in [9.17, 15) is 0 Å². The largest absolute Gasteiger partial charge is 0.337 e. The molecule has 11 heavy (non-hydrogen) atoms. The number of nitrogens with zero attached hydrogens (tertiary/aromatic N) is 2. The Morgan fingerprint density at radius 2 is 2.36 bits per heavy atom. The van der Waals surface area contributed by atoms with Gasteiger partial charge in [-0.1, -0.05) is 6.92 Å². The lowest BCUT2D eigenvalue weighted by atomic mass is 10.2. The predicted octanol–water partition coefficient (Wildman–Crippen LogP) is 1.31. The van der Waals surface area contributed by atoms with Crippen LogP contribution in [0.5, 0.6) is 0 Å². The minimum atomic E-state index is 0.0998. The van der Waals surface area contributed by atoms with Crippen LogP contribution in [0.15, 0.2) is 12.5 Å². The lowest BCUT2D eigenvalue weighted by molar-refractivity contribution is 0.676. The Labute approximate surface area is 67.2 Å². The molecule has 0 amide bonds. The molecule has 2 N–H and O–H groups in total. The molecule has 1 unspecified atom stereocenters. The number of hydrogen-bond donors (Lipinski definition) is 1. The van der Waals surface area contributed by atoms with Crippen molar-refractivity contribution < 1.29 is 0 Å². The summed E-state index contributed by atoms with van der Waals surface area (Å²) in [5.74, 6) is 0. The summed E-state index contributed by atoms with van der Waals surface area (Å²) in [4.78, 5) is 4.20. The van der Waals surface area contributed by atoms with Crippen molar-refractivity contribution in [2.45, 2.75) is 32.9 Å². The number of rotatable bonds is 3. The molecule has 0 saturated carbocycles. The van der Waals surface area contributed by atoms with Gasteiger partial charge in [-0.2, -0.15) is 0 Å². The van der Waals surface area contributed by atoms with E-state index in [0.717, 1.165) is 18.7 Å². The van der Waals surface area contributed by atoms with Crippen molar-refractivity contribution in [3.63, 3.8) is 0 Å². The second-order valence-electron chi connectivity index (χ2n) is 2.64. The standard InChI is InChI=1S/C8H15N3/c1-3-7(9)8-5-11(4-2)6-10-8/h5-7H,3-4,9H2,1-2H3. The molecule has 0 radical (unpaired) electrons. The Kier molecular flexibility index (Phi) is 2.65. The first kappa shape index (κ1) is 8.27. The molecule has 1 aromatic rings. The van der Waals surface area contributed by atoms with Crippen LogP contribution < -0.4 is 5.73 Å². The maximum Gasteiger partial charge on any atom is 0.0950 e. The van der Waals surface area contributed by atoms with Crippen LogP contribution in [-0.2, 0) is 6.54 Å². The van der Waals surface area contributed by atoms with Crippen molar-refractivity contribution in [1.82, 2.24) is 9.55 Å². The van der Waals surface area contributed by atoms with Gasteiger partial charge in [0.25, 0.3) is 0 Å². The summed E-state index contributed by atoms with van der Waals surface area (Å²) in [6.07, 6.45) is 4.78. The average Bonchev–Trinajstić information content (AvgIpc) is 2.50. The molecule has 1 heterocycles. The molecule has 0 aliphatic heterocycles. The number of aromatic nitrogens is 2. The molecule has 1 aromatic heterocycles. The second kappa shape index (κ2) is 3.53. The number of imidazole rings is 1. The Hall–Kier alpha value is -0.830. The van der Waals surface area contributed by atoms with E-state index in [-0.39, 0.29) is 6.04 Å². The Morgan fingerprint density at radius 1 is 1.64 bits per heavy atom. The highest BCUT2D eigenvalue weighted by Gasteiger charge is 2.05. The first-order valence-electron chi connectivity index (χ1n) is 4.05. The quantitative estimate of drug-likeness (QED) is 0.711. The van der Waals surface area contributed by atoms with Gasteiger partial charge in [-0.3, -0.25) is 0 Å². The van der Waals surface area contributed by atoms with Crippen molar-refractivity contribution in [1.29, 1.82) is 0 Å². The van der Waals surface area contributed by atoms with E-state index in [2.05, 4.69) is 18.8 Å². The van der Waals surface area contributed by atoms with E-state index >= 15 is 0 Å². The summed E-state index contributed by atoms with van der Waals surface area (Å²) in [6, 6.07) is 0.0998. The summed E-state index contributed by atoms with van der Waals surface area (Å²) >= 11 is 0. The molecule has 62 valence electrons. The van der Waals surface area contributed by atoms with Crippen LogP contribution in [0, 0.1) is 0 Å². The molecule has 0 aliphatic carbocycles. The molecule has 3 heteroatoms. The molecular weight excluding hydrogens is 138 g/mol. The van der Waals surface area contributed by atoms with Gasteiger partial charge < -0.3 is 10.3 Å². The fourth-order valence-corrected chi connectivity index (χ4v) is 0.951. The van der Waals surface area contributed by atoms with Crippen molar-refractivity contribution in [2.75, 3.05) is 0 Å². The number of hydrogen-bond acceptors (Lipinski definition) is 2. The smallest absolute Gasteiger partial charge is 0.0950 e. The first-order valence-corrected chi connectivity index (χ1v) is 4.05. The van der Waals surface area contributed by atoms with Crippen molar-refractivity contribution in [2.24, 2.45) is 5.73 Å². The minimum absolute atomic E-state index is 0.0998. The van der Waals surface area contributed by atoms with E-state index in [4.69, 9.17) is 5.73 Å². The van der Waals surface area contributed by atoms with Crippen LogP contribution >= 0.6 is 0 Å². The Bertz CT molecular complexity index is 217. The van der Waals surface area contributed by atoms with Crippen LogP contribution in [0.1, 0.15) is 32.0 Å². The average molecular weight is 153 g/mol. The molecule has 0 bridgehead atoms. The molecule has 3 nitrogen and oxygen atoms in total. The highest BCUT2D eigenvalue weighted by atomic mass is 15.0. The zero-order valence-corrected chi connectivity index (χ0v) is 7.12. The zero-order valence-electron chi connectivity index (χ0n) is 7.12. The molecule has 0 aliphatic rings. The van der Waals surface area contributed by atoms with Gasteiger partial charge in [0.1, 0.15) is 0 Å². The zero-order chi connectivity index (χ0) is 8.27. The summed E-state index contributed by atoms with van der Waals surface area (Å²) in [5, 5.41) is 0. The fourth-order valence-electron chi connectivity index (χ4n) is 0.951. The first-order chi connectivity index (χ1) is 5.27. The summed E-state index contributed by atoms with van der Waals surface area (Å²) in [7, 11) is 0. The maximum atomic E-state index is 5.79. The van der Waals surface area contributed by atoms with Crippen LogP contribution in [0.3, 0.4) is 0 Å². The van der Waals surface area contributed by atoms with Crippen molar-refractivity contribution >= 4 is 0 Å². The molecule has 1 rings (SSSR count). The van der Waals surface area contributed by atoms with Gasteiger partial charge in [-0.05, 0) is 13.3 Å². The number of aryl methyl sites for hydroxylation is 1. The molecule has 0 aromatic carbocycles. The van der Waals surface area contributed by atoms with Crippen molar-refractivity contribution in [3.8, 4) is 0 Å². The van der Waals surface area contributed by atoms with E-state index in [1.54, 1.807) is 0 Å². The van der Waals surface area contributed by atoms with Gasteiger partial charge >= 0.3 is 0 Å². The Balaban J connectivity index is 2.71. The third kappa shape index (κ3) is 1.80. The lowest BCUT2D eigenvalue weighted by Gasteiger charge is -2.02. The van der Waals surface area contributed by atoms with Gasteiger partial charge in [0.2, 0.25) is 0 Å². The highest BCUT2D eigenvalue weighted by Crippen LogP contribution is 2.09. The van der Waals surface area contributed by atoms with E-state index in [0.29, 0.717) is 0 Å². The molecule has 1 atom stereocenters. The SMILES string of the molecule is CCC(N)c1cn(CC)cn1. The summed E-state index contributed by atoms with van der Waals surface area (Å²) in [5.41, 5.74) is 6.78. The molecule has 0 saturated heterocycles. The number of nitrogens with two attached hydrogens (primary N) is 1. The van der Waals surface area contributed by atoms with E-state index in [1.807, 2.05) is 17.1 Å². The lowest BCUT2D eigenvalue weighted by Crippen LogP contribution is -2.08. The van der Waals surface area contributed by atoms with Gasteiger partial charge in [-0.15, -0.1) is 0 Å². The minimum Gasteiger partial charge on any atom is -0.337 e. The summed E-state index contributed by atoms with van der Waals surface area (Å²) in [6.45, 7) is 5.11. The second-order valence-corrected chi connectivity index (χ2v) is 2.64. The van der Waals surface area contributed by atoms with Crippen LogP contribution in [0.4, 0.5) is 0 Å².